The summed E-state index contributed by atoms with van der Waals surface area (Å²) in [4.78, 5) is 38.0. The molecule has 0 spiro atoms. The Morgan fingerprint density at radius 2 is 1.82 bits per heavy atom. The molecule has 1 atom stereocenters. The summed E-state index contributed by atoms with van der Waals surface area (Å²) in [6.45, 7) is 4.31. The molecule has 33 heavy (non-hydrogen) atoms. The third-order valence-corrected chi connectivity index (χ3v) is 6.19. The summed E-state index contributed by atoms with van der Waals surface area (Å²) in [5.41, 5.74) is -0.528. The molecule has 2 saturated heterocycles. The van der Waals surface area contributed by atoms with Gasteiger partial charge in [-0.25, -0.2) is 15.1 Å². The normalized spacial score (nSPS) is 19.6. The zero-order valence-electron chi connectivity index (χ0n) is 18.3. The van der Waals surface area contributed by atoms with Crippen LogP contribution >= 0.6 is 0 Å². The summed E-state index contributed by atoms with van der Waals surface area (Å²) >= 11 is 0. The molecule has 0 bridgehead atoms. The molecule has 1 N–H and O–H groups in total. The highest BCUT2D eigenvalue weighted by Crippen LogP contribution is 2.29. The van der Waals surface area contributed by atoms with E-state index in [2.05, 4.69) is 25.1 Å². The number of hydrogen-bond donors (Lipinski definition) is 1. The molecule has 1 amide bonds. The molecule has 0 radical (unpaired) electrons. The summed E-state index contributed by atoms with van der Waals surface area (Å²) in [5.74, 6) is 0.933. The van der Waals surface area contributed by atoms with Gasteiger partial charge in [0.15, 0.2) is 0 Å². The molecule has 0 unspecified atom stereocenters. The van der Waals surface area contributed by atoms with Gasteiger partial charge in [0.25, 0.3) is 5.56 Å². The molecule has 2 aromatic heterocycles. The van der Waals surface area contributed by atoms with Gasteiger partial charge in [-0.3, -0.25) is 9.59 Å². The van der Waals surface area contributed by atoms with Crippen LogP contribution in [0.5, 0.6) is 0 Å². The number of alkyl halides is 3. The highest BCUT2D eigenvalue weighted by molar-refractivity contribution is 5.77. The predicted molar refractivity (Wildman–Crippen MR) is 115 cm³/mol. The molecule has 178 valence electrons. The molecule has 2 fully saturated rings. The average Bonchev–Trinajstić information content (AvgIpc) is 2.81. The quantitative estimate of drug-likeness (QED) is 0.737. The van der Waals surface area contributed by atoms with E-state index in [9.17, 15) is 22.8 Å². The standard InChI is InChI=1S/C21H26F3N7O2/c1-14-10-17(27-28-19(14)33)31-5-3-2-4-16(31)11-18(32)29-6-8-30(9-7-29)20-25-12-15(13-26-20)21(22,23)24/h10,12-13,16H,2-9,11H2,1H3,(H,28,33)/t16-/m1/s1. The predicted octanol–water partition coefficient (Wildman–Crippen LogP) is 1.98. The molecule has 0 aliphatic carbocycles. The smallest absolute Gasteiger partial charge is 0.352 e. The van der Waals surface area contributed by atoms with Crippen molar-refractivity contribution in [1.29, 1.82) is 0 Å². The Morgan fingerprint density at radius 1 is 1.12 bits per heavy atom. The number of nitrogens with zero attached hydrogens (tertiary/aromatic N) is 6. The first-order valence-corrected chi connectivity index (χ1v) is 11.0. The summed E-state index contributed by atoms with van der Waals surface area (Å²) in [6.07, 6.45) is 0.321. The number of aromatic nitrogens is 4. The molecule has 9 nitrogen and oxygen atoms in total. The van der Waals surface area contributed by atoms with Crippen LogP contribution in [0, 0.1) is 6.92 Å². The monoisotopic (exact) mass is 465 g/mol. The van der Waals surface area contributed by atoms with E-state index in [1.54, 1.807) is 22.8 Å². The Bertz CT molecular complexity index is 1030. The summed E-state index contributed by atoms with van der Waals surface area (Å²) < 4.78 is 38.1. The number of carbonyl (C=O) groups excluding carboxylic acids is 1. The van der Waals surface area contributed by atoms with Gasteiger partial charge in [-0.2, -0.15) is 18.3 Å². The second-order valence-corrected chi connectivity index (χ2v) is 8.42. The fraction of sp³-hybridized carbons (Fsp3) is 0.571. The lowest BCUT2D eigenvalue weighted by Crippen LogP contribution is -2.51. The Kier molecular flexibility index (Phi) is 6.52. The van der Waals surface area contributed by atoms with E-state index in [1.165, 1.54) is 0 Å². The number of halogens is 3. The van der Waals surface area contributed by atoms with Crippen molar-refractivity contribution in [2.45, 2.75) is 44.8 Å². The third kappa shape index (κ3) is 5.25. The number of anilines is 2. The summed E-state index contributed by atoms with van der Waals surface area (Å²) in [7, 11) is 0. The maximum atomic E-state index is 13.0. The largest absolute Gasteiger partial charge is 0.419 e. The van der Waals surface area contributed by atoms with Gasteiger partial charge in [0, 0.05) is 63.1 Å². The fourth-order valence-electron chi connectivity index (χ4n) is 4.27. The maximum absolute atomic E-state index is 13.0. The van der Waals surface area contributed by atoms with Crippen LogP contribution in [0.15, 0.2) is 23.3 Å². The van der Waals surface area contributed by atoms with Gasteiger partial charge in [0.1, 0.15) is 5.82 Å². The number of rotatable bonds is 4. The maximum Gasteiger partial charge on any atom is 0.419 e. The van der Waals surface area contributed by atoms with Crippen LogP contribution in [0.2, 0.25) is 0 Å². The Morgan fingerprint density at radius 3 is 2.45 bits per heavy atom. The van der Waals surface area contributed by atoms with Crippen molar-refractivity contribution in [2.75, 3.05) is 42.5 Å². The number of nitrogens with one attached hydrogen (secondary N) is 1. The van der Waals surface area contributed by atoms with E-state index in [-0.39, 0.29) is 23.5 Å². The molecule has 4 rings (SSSR count). The number of piperazine rings is 1. The van der Waals surface area contributed by atoms with Crippen LogP contribution in [-0.4, -0.2) is 69.7 Å². The molecule has 4 heterocycles. The molecule has 12 heteroatoms. The number of H-pyrrole nitrogens is 1. The highest BCUT2D eigenvalue weighted by Gasteiger charge is 2.32. The van der Waals surface area contributed by atoms with Crippen molar-refractivity contribution in [3.8, 4) is 0 Å². The Hall–Kier alpha value is -3.18. The first kappa shape index (κ1) is 23.0. The first-order valence-electron chi connectivity index (χ1n) is 11.0. The molecule has 0 saturated carbocycles. The van der Waals surface area contributed by atoms with Crippen molar-refractivity contribution < 1.29 is 18.0 Å². The van der Waals surface area contributed by atoms with Gasteiger partial charge in [0.2, 0.25) is 11.9 Å². The third-order valence-electron chi connectivity index (χ3n) is 6.19. The molecule has 2 aliphatic heterocycles. The van der Waals surface area contributed by atoms with Crippen LogP contribution in [0.25, 0.3) is 0 Å². The minimum atomic E-state index is -4.47. The van der Waals surface area contributed by atoms with Crippen molar-refractivity contribution in [3.05, 3.63) is 39.9 Å². The Labute approximate surface area is 188 Å². The van der Waals surface area contributed by atoms with Crippen molar-refractivity contribution >= 4 is 17.7 Å². The minimum absolute atomic E-state index is 0.000304. The zero-order valence-corrected chi connectivity index (χ0v) is 18.3. The van der Waals surface area contributed by atoms with Gasteiger partial charge in [0.05, 0.1) is 5.56 Å². The van der Waals surface area contributed by atoms with Crippen LogP contribution < -0.4 is 15.4 Å². The van der Waals surface area contributed by atoms with Crippen LogP contribution in [0.1, 0.15) is 36.8 Å². The van der Waals surface area contributed by atoms with Gasteiger partial charge in [-0.05, 0) is 32.3 Å². The number of piperidine rings is 1. The molecular weight excluding hydrogens is 439 g/mol. The number of aromatic amines is 1. The lowest BCUT2D eigenvalue weighted by molar-refractivity contribution is -0.138. The molecule has 2 aliphatic rings. The van der Waals surface area contributed by atoms with Gasteiger partial charge >= 0.3 is 6.18 Å². The highest BCUT2D eigenvalue weighted by atomic mass is 19.4. The van der Waals surface area contributed by atoms with E-state index >= 15 is 0 Å². The zero-order chi connectivity index (χ0) is 23.6. The van der Waals surface area contributed by atoms with Crippen LogP contribution in [0.3, 0.4) is 0 Å². The van der Waals surface area contributed by atoms with Crippen molar-refractivity contribution in [2.24, 2.45) is 0 Å². The van der Waals surface area contributed by atoms with Crippen LogP contribution in [-0.2, 0) is 11.0 Å². The number of hydrogen-bond acceptors (Lipinski definition) is 7. The van der Waals surface area contributed by atoms with Crippen LogP contribution in [0.4, 0.5) is 24.9 Å². The lowest BCUT2D eigenvalue weighted by atomic mass is 9.98. The average molecular weight is 465 g/mol. The topological polar surface area (TPSA) is 98.3 Å². The van der Waals surface area contributed by atoms with Crippen molar-refractivity contribution in [3.63, 3.8) is 0 Å². The van der Waals surface area contributed by atoms with E-state index in [1.807, 2.05) is 0 Å². The minimum Gasteiger partial charge on any atom is -0.352 e. The fourth-order valence-corrected chi connectivity index (χ4v) is 4.27. The SMILES string of the molecule is Cc1cc(N2CCCC[C@@H]2CC(=O)N2CCN(c3ncc(C(F)(F)F)cn3)CC2)n[nH]c1=O. The molecule has 2 aromatic rings. The van der Waals surface area contributed by atoms with Gasteiger partial charge in [-0.15, -0.1) is 0 Å². The number of aryl methyl sites for hydroxylation is 1. The van der Waals surface area contributed by atoms with Gasteiger partial charge in [-0.1, -0.05) is 0 Å². The van der Waals surface area contributed by atoms with E-state index in [0.29, 0.717) is 44.0 Å². The summed E-state index contributed by atoms with van der Waals surface area (Å²) in [5, 5.41) is 6.68. The van der Waals surface area contributed by atoms with E-state index in [0.717, 1.165) is 38.2 Å². The second-order valence-electron chi connectivity index (χ2n) is 8.42. The van der Waals surface area contributed by atoms with E-state index in [4.69, 9.17) is 0 Å². The number of carbonyl (C=O) groups is 1. The van der Waals surface area contributed by atoms with E-state index < -0.39 is 11.7 Å². The molecule has 0 aromatic carbocycles. The number of amides is 1. The molecular formula is C21H26F3N7O2. The second kappa shape index (κ2) is 9.36. The summed E-state index contributed by atoms with van der Waals surface area (Å²) in [6, 6.07) is 1.75. The first-order chi connectivity index (χ1) is 15.7. The Balaban J connectivity index is 1.35. The van der Waals surface area contributed by atoms with Gasteiger partial charge < -0.3 is 14.7 Å². The lowest BCUT2D eigenvalue weighted by Gasteiger charge is -2.39. The van der Waals surface area contributed by atoms with Crippen molar-refractivity contribution in [1.82, 2.24) is 25.1 Å².